The molecule has 1 atom stereocenters. The molecule has 0 unspecified atom stereocenters. The van der Waals surface area contributed by atoms with E-state index >= 15 is 0 Å². The number of carbonyl (C=O) groups excluding carboxylic acids is 1. The van der Waals surface area contributed by atoms with Crippen LogP contribution in [-0.2, 0) is 11.2 Å². The molecule has 0 heterocycles. The summed E-state index contributed by atoms with van der Waals surface area (Å²) in [6.07, 6.45) is 0.276. The number of amides is 1. The van der Waals surface area contributed by atoms with Crippen LogP contribution in [0.4, 0.5) is 4.39 Å². The molecule has 0 saturated heterocycles. The molecule has 1 amide bonds. The lowest BCUT2D eigenvalue weighted by Crippen LogP contribution is -2.34. The number of aliphatic hydroxyl groups is 1. The molecule has 0 bridgehead atoms. The molecule has 0 saturated carbocycles. The summed E-state index contributed by atoms with van der Waals surface area (Å²) in [5.41, 5.74) is 0.801. The van der Waals surface area contributed by atoms with Crippen molar-refractivity contribution in [3.8, 4) is 0 Å². The first-order valence-electron chi connectivity index (χ1n) is 6.18. The number of aryl methyl sites for hydroxylation is 1. The standard InChI is InChI=1S/C14H20FNO2/c1-10(2)13(17)9-16-14(18)7-6-11-4-3-5-12(15)8-11/h3-5,8,10,13,17H,6-7,9H2,1-2H3,(H,16,18)/t13-/m0/s1. The highest BCUT2D eigenvalue weighted by atomic mass is 19.1. The van der Waals surface area contributed by atoms with E-state index in [4.69, 9.17) is 0 Å². The zero-order valence-electron chi connectivity index (χ0n) is 10.8. The Kier molecular flexibility index (Phi) is 5.78. The third-order valence-corrected chi connectivity index (χ3v) is 2.81. The molecule has 0 fully saturated rings. The molecule has 0 aliphatic heterocycles. The second kappa shape index (κ2) is 7.11. The van der Waals surface area contributed by atoms with Gasteiger partial charge in [0.1, 0.15) is 5.82 Å². The van der Waals surface area contributed by atoms with Crippen molar-refractivity contribution in [2.24, 2.45) is 5.92 Å². The summed E-state index contributed by atoms with van der Waals surface area (Å²) in [6, 6.07) is 6.23. The van der Waals surface area contributed by atoms with Crippen molar-refractivity contribution >= 4 is 5.91 Å². The molecule has 2 N–H and O–H groups in total. The minimum Gasteiger partial charge on any atom is -0.391 e. The maximum Gasteiger partial charge on any atom is 0.220 e. The van der Waals surface area contributed by atoms with Gasteiger partial charge < -0.3 is 10.4 Å². The lowest BCUT2D eigenvalue weighted by atomic mass is 10.1. The number of hydrogen-bond acceptors (Lipinski definition) is 2. The minimum absolute atomic E-state index is 0.119. The number of aliphatic hydroxyl groups excluding tert-OH is 1. The van der Waals surface area contributed by atoms with E-state index in [1.54, 1.807) is 12.1 Å². The molecule has 1 rings (SSSR count). The topological polar surface area (TPSA) is 49.3 Å². The number of rotatable bonds is 6. The zero-order valence-corrected chi connectivity index (χ0v) is 10.8. The molecule has 1 aromatic carbocycles. The monoisotopic (exact) mass is 253 g/mol. The summed E-state index contributed by atoms with van der Waals surface area (Å²) in [5.74, 6) is -0.296. The van der Waals surface area contributed by atoms with E-state index in [2.05, 4.69) is 5.32 Å². The third-order valence-electron chi connectivity index (χ3n) is 2.81. The van der Waals surface area contributed by atoms with Gasteiger partial charge in [-0.15, -0.1) is 0 Å². The van der Waals surface area contributed by atoms with Gasteiger partial charge in [0.25, 0.3) is 0 Å². The quantitative estimate of drug-likeness (QED) is 0.813. The Labute approximate surface area is 107 Å². The fraction of sp³-hybridized carbons (Fsp3) is 0.500. The van der Waals surface area contributed by atoms with Crippen LogP contribution in [0, 0.1) is 11.7 Å². The van der Waals surface area contributed by atoms with Gasteiger partial charge in [-0.05, 0) is 30.0 Å². The summed E-state index contributed by atoms with van der Waals surface area (Å²) < 4.78 is 12.9. The second-order valence-corrected chi connectivity index (χ2v) is 4.75. The Balaban J connectivity index is 2.29. The molecule has 3 nitrogen and oxygen atoms in total. The van der Waals surface area contributed by atoms with Gasteiger partial charge in [0.15, 0.2) is 0 Å². The highest BCUT2D eigenvalue weighted by molar-refractivity contribution is 5.76. The zero-order chi connectivity index (χ0) is 13.5. The summed E-state index contributed by atoms with van der Waals surface area (Å²) in [4.78, 5) is 11.5. The number of nitrogens with one attached hydrogen (secondary N) is 1. The smallest absolute Gasteiger partial charge is 0.220 e. The summed E-state index contributed by atoms with van der Waals surface area (Å²) in [6.45, 7) is 4.05. The van der Waals surface area contributed by atoms with Crippen LogP contribution in [0.25, 0.3) is 0 Å². The predicted octanol–water partition coefficient (Wildman–Crippen LogP) is 1.89. The largest absolute Gasteiger partial charge is 0.391 e. The van der Waals surface area contributed by atoms with E-state index in [0.29, 0.717) is 12.8 Å². The van der Waals surface area contributed by atoms with E-state index < -0.39 is 6.10 Å². The lowest BCUT2D eigenvalue weighted by Gasteiger charge is -2.14. The highest BCUT2D eigenvalue weighted by Crippen LogP contribution is 2.06. The Morgan fingerprint density at radius 3 is 2.78 bits per heavy atom. The average Bonchev–Trinajstić information content (AvgIpc) is 2.33. The van der Waals surface area contributed by atoms with E-state index in [1.807, 2.05) is 13.8 Å². The fourth-order valence-electron chi connectivity index (χ4n) is 1.49. The van der Waals surface area contributed by atoms with Gasteiger partial charge in [0, 0.05) is 13.0 Å². The Bertz CT molecular complexity index is 393. The van der Waals surface area contributed by atoms with Crippen LogP contribution in [0.1, 0.15) is 25.8 Å². The third kappa shape index (κ3) is 5.27. The van der Waals surface area contributed by atoms with Crippen molar-refractivity contribution in [3.05, 3.63) is 35.6 Å². The molecule has 18 heavy (non-hydrogen) atoms. The van der Waals surface area contributed by atoms with E-state index in [1.165, 1.54) is 12.1 Å². The number of benzene rings is 1. The van der Waals surface area contributed by atoms with Gasteiger partial charge in [-0.3, -0.25) is 4.79 Å². The first-order chi connectivity index (χ1) is 8.49. The minimum atomic E-state index is -0.525. The molecule has 0 aliphatic carbocycles. The highest BCUT2D eigenvalue weighted by Gasteiger charge is 2.10. The van der Waals surface area contributed by atoms with Crippen molar-refractivity contribution in [1.82, 2.24) is 5.32 Å². The van der Waals surface area contributed by atoms with Crippen LogP contribution in [0.5, 0.6) is 0 Å². The maximum absolute atomic E-state index is 12.9. The molecular weight excluding hydrogens is 233 g/mol. The van der Waals surface area contributed by atoms with Crippen LogP contribution in [0.2, 0.25) is 0 Å². The van der Waals surface area contributed by atoms with Gasteiger partial charge in [-0.2, -0.15) is 0 Å². The lowest BCUT2D eigenvalue weighted by molar-refractivity contribution is -0.121. The predicted molar refractivity (Wildman–Crippen MR) is 68.6 cm³/mol. The van der Waals surface area contributed by atoms with Crippen molar-refractivity contribution in [2.45, 2.75) is 32.8 Å². The number of halogens is 1. The molecule has 0 aliphatic rings. The van der Waals surface area contributed by atoms with Gasteiger partial charge in [-0.25, -0.2) is 4.39 Å². The van der Waals surface area contributed by atoms with Crippen LogP contribution in [-0.4, -0.2) is 23.7 Å². The molecule has 4 heteroatoms. The number of carbonyl (C=O) groups is 1. The second-order valence-electron chi connectivity index (χ2n) is 4.75. The normalized spacial score (nSPS) is 12.5. The first kappa shape index (κ1) is 14.6. The van der Waals surface area contributed by atoms with Gasteiger partial charge in [-0.1, -0.05) is 26.0 Å². The maximum atomic E-state index is 12.9. The van der Waals surface area contributed by atoms with Crippen LogP contribution in [0.3, 0.4) is 0 Å². The molecule has 0 spiro atoms. The van der Waals surface area contributed by atoms with Crippen LogP contribution in [0.15, 0.2) is 24.3 Å². The Hall–Kier alpha value is -1.42. The summed E-state index contributed by atoms with van der Waals surface area (Å²) in [5, 5.41) is 12.2. The van der Waals surface area contributed by atoms with Crippen molar-refractivity contribution in [1.29, 1.82) is 0 Å². The Morgan fingerprint density at radius 2 is 2.17 bits per heavy atom. The van der Waals surface area contributed by atoms with E-state index in [0.717, 1.165) is 5.56 Å². The summed E-state index contributed by atoms with van der Waals surface area (Å²) in [7, 11) is 0. The summed E-state index contributed by atoms with van der Waals surface area (Å²) >= 11 is 0. The first-order valence-corrected chi connectivity index (χ1v) is 6.18. The SMILES string of the molecule is CC(C)[C@@H](O)CNC(=O)CCc1cccc(F)c1. The van der Waals surface area contributed by atoms with Gasteiger partial charge >= 0.3 is 0 Å². The molecule has 100 valence electrons. The molecular formula is C14H20FNO2. The van der Waals surface area contributed by atoms with Gasteiger partial charge in [0.2, 0.25) is 5.91 Å². The molecule has 1 aromatic rings. The van der Waals surface area contributed by atoms with Crippen molar-refractivity contribution < 1.29 is 14.3 Å². The van der Waals surface area contributed by atoms with Crippen molar-refractivity contribution in [3.63, 3.8) is 0 Å². The fourth-order valence-corrected chi connectivity index (χ4v) is 1.49. The van der Waals surface area contributed by atoms with Crippen molar-refractivity contribution in [2.75, 3.05) is 6.54 Å². The average molecular weight is 253 g/mol. The molecule has 0 radical (unpaired) electrons. The molecule has 0 aromatic heterocycles. The van der Waals surface area contributed by atoms with Crippen LogP contribution < -0.4 is 5.32 Å². The van der Waals surface area contributed by atoms with E-state index in [9.17, 15) is 14.3 Å². The van der Waals surface area contributed by atoms with E-state index in [-0.39, 0.29) is 24.2 Å². The van der Waals surface area contributed by atoms with Crippen LogP contribution >= 0.6 is 0 Å². The van der Waals surface area contributed by atoms with Gasteiger partial charge in [0.05, 0.1) is 6.10 Å². The Morgan fingerprint density at radius 1 is 1.44 bits per heavy atom. The number of hydrogen-bond donors (Lipinski definition) is 2.